The molecule has 0 saturated heterocycles. The van der Waals surface area contributed by atoms with Gasteiger partial charge in [0, 0.05) is 6.42 Å². The van der Waals surface area contributed by atoms with Crippen LogP contribution in [0.1, 0.15) is 18.9 Å². The summed E-state index contributed by atoms with van der Waals surface area (Å²) in [6.45, 7) is 2.77. The number of rotatable bonds is 5. The molecule has 0 spiro atoms. The Bertz CT molecular complexity index is 293. The smallest absolute Gasteiger partial charge is 0.226 e. The van der Waals surface area contributed by atoms with Crippen molar-refractivity contribution in [1.82, 2.24) is 0 Å². The van der Waals surface area contributed by atoms with Gasteiger partial charge in [-0.05, 0) is 35.7 Å². The second kappa shape index (κ2) is 5.66. The van der Waals surface area contributed by atoms with Gasteiger partial charge in [-0.15, -0.1) is 0 Å². The molecule has 14 heavy (non-hydrogen) atoms. The van der Waals surface area contributed by atoms with E-state index in [0.29, 0.717) is 6.61 Å². The molecule has 0 N–H and O–H groups in total. The van der Waals surface area contributed by atoms with Gasteiger partial charge in [0.1, 0.15) is 5.75 Å². The van der Waals surface area contributed by atoms with E-state index >= 15 is 0 Å². The van der Waals surface area contributed by atoms with Crippen LogP contribution in [0.5, 0.6) is 5.75 Å². The third-order valence-corrected chi connectivity index (χ3v) is 1.87. The van der Waals surface area contributed by atoms with Crippen molar-refractivity contribution < 1.29 is 9.53 Å². The summed E-state index contributed by atoms with van der Waals surface area (Å²) in [6.07, 6.45) is 1.26. The van der Waals surface area contributed by atoms with E-state index in [1.54, 1.807) is 0 Å². The van der Waals surface area contributed by atoms with Crippen LogP contribution in [0.25, 0.3) is 0 Å². The van der Waals surface area contributed by atoms with Crippen molar-refractivity contribution in [1.29, 1.82) is 0 Å². The molecule has 2 nitrogen and oxygen atoms in total. The Morgan fingerprint density at radius 2 is 2.00 bits per heavy atom. The van der Waals surface area contributed by atoms with Gasteiger partial charge < -0.3 is 4.74 Å². The Hall–Kier alpha value is -1.02. The van der Waals surface area contributed by atoms with E-state index in [4.69, 9.17) is 16.3 Å². The van der Waals surface area contributed by atoms with E-state index in [1.807, 2.05) is 24.3 Å². The second-order valence-electron chi connectivity index (χ2n) is 3.02. The second-order valence-corrected chi connectivity index (χ2v) is 3.45. The minimum atomic E-state index is -0.341. The van der Waals surface area contributed by atoms with Gasteiger partial charge in [-0.2, -0.15) is 0 Å². The normalized spacial score (nSPS) is 9.86. The van der Waals surface area contributed by atoms with Gasteiger partial charge in [-0.3, -0.25) is 4.79 Å². The van der Waals surface area contributed by atoms with Crippen molar-refractivity contribution in [2.24, 2.45) is 0 Å². The lowest BCUT2D eigenvalue weighted by molar-refractivity contribution is -0.111. The summed E-state index contributed by atoms with van der Waals surface area (Å²) >= 11 is 5.27. The van der Waals surface area contributed by atoms with Crippen LogP contribution in [-0.4, -0.2) is 11.8 Å². The summed E-state index contributed by atoms with van der Waals surface area (Å²) in [5.74, 6) is 0.831. The van der Waals surface area contributed by atoms with Crippen LogP contribution in [0.4, 0.5) is 0 Å². The molecule has 0 radical (unpaired) electrons. The van der Waals surface area contributed by atoms with E-state index in [2.05, 4.69) is 6.92 Å². The van der Waals surface area contributed by atoms with Crippen LogP contribution >= 0.6 is 11.6 Å². The average molecular weight is 213 g/mol. The first-order valence-electron chi connectivity index (χ1n) is 4.62. The molecule has 0 atom stereocenters. The molecule has 1 aromatic carbocycles. The van der Waals surface area contributed by atoms with E-state index in [-0.39, 0.29) is 11.7 Å². The van der Waals surface area contributed by atoms with Gasteiger partial charge in [-0.1, -0.05) is 19.1 Å². The van der Waals surface area contributed by atoms with Gasteiger partial charge in [0.25, 0.3) is 0 Å². The Kier molecular flexibility index (Phi) is 4.47. The number of benzene rings is 1. The molecule has 0 amide bonds. The number of ether oxygens (including phenoxy) is 1. The molecular formula is C11H13ClO2. The zero-order valence-electron chi connectivity index (χ0n) is 8.13. The van der Waals surface area contributed by atoms with Gasteiger partial charge in [0.2, 0.25) is 5.24 Å². The van der Waals surface area contributed by atoms with Crippen molar-refractivity contribution in [3.63, 3.8) is 0 Å². The van der Waals surface area contributed by atoms with Crippen molar-refractivity contribution >= 4 is 16.8 Å². The molecule has 0 bridgehead atoms. The summed E-state index contributed by atoms with van der Waals surface area (Å²) < 4.78 is 5.40. The summed E-state index contributed by atoms with van der Waals surface area (Å²) in [7, 11) is 0. The molecule has 0 aliphatic heterocycles. The lowest BCUT2D eigenvalue weighted by Gasteiger charge is -2.04. The minimum absolute atomic E-state index is 0.273. The van der Waals surface area contributed by atoms with E-state index in [1.165, 1.54) is 0 Å². The van der Waals surface area contributed by atoms with Gasteiger partial charge >= 0.3 is 0 Å². The van der Waals surface area contributed by atoms with Crippen LogP contribution in [0.2, 0.25) is 0 Å². The highest BCUT2D eigenvalue weighted by Gasteiger charge is 1.99. The molecule has 1 rings (SSSR count). The van der Waals surface area contributed by atoms with Gasteiger partial charge in [0.15, 0.2) is 0 Å². The Morgan fingerprint density at radius 3 is 2.50 bits per heavy atom. The van der Waals surface area contributed by atoms with Crippen LogP contribution in [0, 0.1) is 0 Å². The van der Waals surface area contributed by atoms with Crippen molar-refractivity contribution in [3.05, 3.63) is 29.8 Å². The molecule has 0 aromatic heterocycles. The first kappa shape index (κ1) is 11.1. The molecule has 3 heteroatoms. The number of carbonyl (C=O) groups excluding carboxylic acids is 1. The molecular weight excluding hydrogens is 200 g/mol. The summed E-state index contributed by atoms with van der Waals surface area (Å²) in [4.78, 5) is 10.6. The van der Waals surface area contributed by atoms with Crippen LogP contribution < -0.4 is 4.74 Å². The van der Waals surface area contributed by atoms with Gasteiger partial charge in [-0.25, -0.2) is 0 Å². The number of hydrogen-bond acceptors (Lipinski definition) is 2. The molecule has 76 valence electrons. The zero-order chi connectivity index (χ0) is 10.4. The molecule has 0 aliphatic carbocycles. The van der Waals surface area contributed by atoms with E-state index in [9.17, 15) is 4.79 Å². The number of hydrogen-bond donors (Lipinski definition) is 0. The predicted octanol–water partition coefficient (Wildman–Crippen LogP) is 2.78. The Balaban J connectivity index is 2.54. The third-order valence-electron chi connectivity index (χ3n) is 1.74. The molecule has 0 aliphatic rings. The van der Waals surface area contributed by atoms with Crippen LogP contribution in [0.3, 0.4) is 0 Å². The highest BCUT2D eigenvalue weighted by atomic mass is 35.5. The quantitative estimate of drug-likeness (QED) is 0.702. The first-order valence-corrected chi connectivity index (χ1v) is 5.00. The van der Waals surface area contributed by atoms with Crippen molar-refractivity contribution in [2.45, 2.75) is 19.8 Å². The van der Waals surface area contributed by atoms with Crippen LogP contribution in [0.15, 0.2) is 24.3 Å². The number of halogens is 1. The van der Waals surface area contributed by atoms with E-state index in [0.717, 1.165) is 17.7 Å². The van der Waals surface area contributed by atoms with Gasteiger partial charge in [0.05, 0.1) is 6.61 Å². The standard InChI is InChI=1S/C11H13ClO2/c1-2-7-14-10-5-3-9(4-6-10)8-11(12)13/h3-6H,2,7-8H2,1H3. The maximum absolute atomic E-state index is 10.6. The highest BCUT2D eigenvalue weighted by Crippen LogP contribution is 2.13. The molecule has 0 fully saturated rings. The fraction of sp³-hybridized carbons (Fsp3) is 0.364. The van der Waals surface area contributed by atoms with Crippen molar-refractivity contribution in [2.75, 3.05) is 6.61 Å². The summed E-state index contributed by atoms with van der Waals surface area (Å²) in [5, 5.41) is -0.341. The zero-order valence-corrected chi connectivity index (χ0v) is 8.88. The summed E-state index contributed by atoms with van der Waals surface area (Å²) in [6, 6.07) is 7.41. The Morgan fingerprint density at radius 1 is 1.36 bits per heavy atom. The maximum Gasteiger partial charge on any atom is 0.226 e. The first-order chi connectivity index (χ1) is 6.72. The molecule has 1 aromatic rings. The molecule has 0 saturated carbocycles. The fourth-order valence-corrected chi connectivity index (χ4v) is 1.24. The highest BCUT2D eigenvalue weighted by molar-refractivity contribution is 6.63. The predicted molar refractivity (Wildman–Crippen MR) is 56.8 cm³/mol. The molecule has 0 heterocycles. The van der Waals surface area contributed by atoms with E-state index < -0.39 is 0 Å². The fourth-order valence-electron chi connectivity index (χ4n) is 1.08. The molecule has 0 unspecified atom stereocenters. The third kappa shape index (κ3) is 3.79. The Labute approximate surface area is 88.8 Å². The monoisotopic (exact) mass is 212 g/mol. The SMILES string of the molecule is CCCOc1ccc(CC(=O)Cl)cc1. The summed E-state index contributed by atoms with van der Waals surface area (Å²) in [5.41, 5.74) is 0.911. The maximum atomic E-state index is 10.6. The van der Waals surface area contributed by atoms with Crippen molar-refractivity contribution in [3.8, 4) is 5.75 Å². The topological polar surface area (TPSA) is 26.3 Å². The number of carbonyl (C=O) groups is 1. The largest absolute Gasteiger partial charge is 0.494 e. The average Bonchev–Trinajstić information content (AvgIpc) is 2.16. The lowest BCUT2D eigenvalue weighted by atomic mass is 10.2. The van der Waals surface area contributed by atoms with Crippen LogP contribution in [-0.2, 0) is 11.2 Å². The minimum Gasteiger partial charge on any atom is -0.494 e. The lowest BCUT2D eigenvalue weighted by Crippen LogP contribution is -1.96.